The normalized spacial score (nSPS) is 23.3. The van der Waals surface area contributed by atoms with Gasteiger partial charge in [0.25, 0.3) is 5.91 Å². The molecule has 4 heterocycles. The van der Waals surface area contributed by atoms with Crippen LogP contribution in [0.3, 0.4) is 0 Å². The first-order chi connectivity index (χ1) is 17.7. The minimum atomic E-state index is -0.734. The summed E-state index contributed by atoms with van der Waals surface area (Å²) in [5.74, 6) is -1.45. The van der Waals surface area contributed by atoms with Crippen molar-refractivity contribution in [3.8, 4) is 22.8 Å². The van der Waals surface area contributed by atoms with E-state index in [1.807, 2.05) is 11.8 Å². The third-order valence-electron chi connectivity index (χ3n) is 7.51. The Kier molecular flexibility index (Phi) is 6.49. The predicted octanol–water partition coefficient (Wildman–Crippen LogP) is 2.83. The SMILES string of the molecule is C=CC(=O)N1CCN2C(=O)c3c(N4CCC[C@]4(C)CO)nc(-c4c(O)cccc4F)c(Cl)c3OC[C@H]2C1. The molecule has 0 unspecified atom stereocenters. The van der Waals surface area contributed by atoms with Gasteiger partial charge >= 0.3 is 0 Å². The van der Waals surface area contributed by atoms with Gasteiger partial charge in [-0.05, 0) is 38.0 Å². The molecule has 11 heteroatoms. The third kappa shape index (κ3) is 4.08. The zero-order valence-corrected chi connectivity index (χ0v) is 21.2. The number of pyridine rings is 1. The number of aromatic hydroxyl groups is 1. The van der Waals surface area contributed by atoms with Gasteiger partial charge in [-0.25, -0.2) is 9.37 Å². The standard InChI is InChI=1S/C26H28ClFN4O5/c1-3-18(35)30-10-11-31-15(12-30)13-37-23-20(25(31)36)24(32-9-5-8-26(32,2)14-33)29-22(21(23)27)19-16(28)6-4-7-17(19)34/h3-4,6-7,15,33-34H,1,5,8-14H2,2H3/t15-,26-/m1/s1. The van der Waals surface area contributed by atoms with Gasteiger partial charge in [0.15, 0.2) is 5.75 Å². The molecule has 2 amide bonds. The van der Waals surface area contributed by atoms with Gasteiger partial charge in [0.1, 0.15) is 40.3 Å². The van der Waals surface area contributed by atoms with Crippen LogP contribution in [0.2, 0.25) is 5.02 Å². The Morgan fingerprint density at radius 1 is 1.35 bits per heavy atom. The van der Waals surface area contributed by atoms with E-state index in [0.29, 0.717) is 19.5 Å². The van der Waals surface area contributed by atoms with Crippen molar-refractivity contribution in [1.29, 1.82) is 0 Å². The number of amides is 2. The quantitative estimate of drug-likeness (QED) is 0.585. The Bertz CT molecular complexity index is 1270. The zero-order valence-electron chi connectivity index (χ0n) is 20.4. The van der Waals surface area contributed by atoms with E-state index in [4.69, 9.17) is 16.3 Å². The van der Waals surface area contributed by atoms with Crippen LogP contribution in [0.15, 0.2) is 30.9 Å². The zero-order chi connectivity index (χ0) is 26.5. The second-order valence-corrected chi connectivity index (χ2v) is 10.2. The molecule has 3 aliphatic rings. The molecule has 5 rings (SSSR count). The van der Waals surface area contributed by atoms with Crippen molar-refractivity contribution in [3.63, 3.8) is 0 Å². The monoisotopic (exact) mass is 530 g/mol. The molecule has 37 heavy (non-hydrogen) atoms. The van der Waals surface area contributed by atoms with Crippen LogP contribution < -0.4 is 9.64 Å². The molecule has 0 radical (unpaired) electrons. The lowest BCUT2D eigenvalue weighted by molar-refractivity contribution is -0.128. The molecule has 0 saturated carbocycles. The Morgan fingerprint density at radius 2 is 2.14 bits per heavy atom. The summed E-state index contributed by atoms with van der Waals surface area (Å²) < 4.78 is 21.1. The van der Waals surface area contributed by atoms with Gasteiger partial charge in [0.2, 0.25) is 5.91 Å². The highest BCUT2D eigenvalue weighted by Gasteiger charge is 2.44. The van der Waals surface area contributed by atoms with Crippen LogP contribution in [-0.4, -0.2) is 87.8 Å². The lowest BCUT2D eigenvalue weighted by atomic mass is 9.99. The fourth-order valence-electron chi connectivity index (χ4n) is 5.43. The maximum absolute atomic E-state index is 15.0. The summed E-state index contributed by atoms with van der Waals surface area (Å²) >= 11 is 6.74. The van der Waals surface area contributed by atoms with Crippen LogP contribution in [0, 0.1) is 5.82 Å². The van der Waals surface area contributed by atoms with E-state index in [9.17, 15) is 24.2 Å². The van der Waals surface area contributed by atoms with E-state index >= 15 is 0 Å². The van der Waals surface area contributed by atoms with Gasteiger partial charge < -0.3 is 29.6 Å². The molecule has 9 nitrogen and oxygen atoms in total. The minimum Gasteiger partial charge on any atom is -0.507 e. The highest BCUT2D eigenvalue weighted by Crippen LogP contribution is 2.48. The van der Waals surface area contributed by atoms with Crippen molar-refractivity contribution < 1.29 is 28.9 Å². The molecule has 2 aromatic rings. The maximum atomic E-state index is 15.0. The fraction of sp³-hybridized carbons (Fsp3) is 0.423. The number of carbonyl (C=O) groups excluding carboxylic acids is 2. The fourth-order valence-corrected chi connectivity index (χ4v) is 5.72. The Labute approximate surface area is 218 Å². The van der Waals surface area contributed by atoms with Gasteiger partial charge in [-0.1, -0.05) is 24.2 Å². The van der Waals surface area contributed by atoms with Crippen molar-refractivity contribution >= 4 is 29.2 Å². The lowest BCUT2D eigenvalue weighted by Crippen LogP contribution is -2.57. The van der Waals surface area contributed by atoms with Gasteiger partial charge in [-0.2, -0.15) is 0 Å². The molecule has 3 aliphatic heterocycles. The molecule has 0 spiro atoms. The van der Waals surface area contributed by atoms with Crippen molar-refractivity contribution in [1.82, 2.24) is 14.8 Å². The summed E-state index contributed by atoms with van der Waals surface area (Å²) in [6.07, 6.45) is 2.64. The predicted molar refractivity (Wildman–Crippen MR) is 135 cm³/mol. The number of anilines is 1. The van der Waals surface area contributed by atoms with E-state index in [-0.39, 0.29) is 77.3 Å². The van der Waals surface area contributed by atoms with Gasteiger partial charge in [-0.15, -0.1) is 0 Å². The number of benzene rings is 1. The number of halogens is 2. The summed E-state index contributed by atoms with van der Waals surface area (Å²) in [5, 5.41) is 20.6. The van der Waals surface area contributed by atoms with E-state index in [1.165, 1.54) is 24.3 Å². The molecular formula is C26H28ClFN4O5. The number of phenolic OH excluding ortho intramolecular Hbond substituents is 1. The number of ether oxygens (including phenoxy) is 1. The molecule has 1 aromatic heterocycles. The molecule has 2 fully saturated rings. The molecule has 1 aromatic carbocycles. The number of hydrogen-bond acceptors (Lipinski definition) is 7. The van der Waals surface area contributed by atoms with Crippen molar-refractivity contribution in [2.45, 2.75) is 31.3 Å². The van der Waals surface area contributed by atoms with E-state index in [2.05, 4.69) is 11.6 Å². The average Bonchev–Trinajstić information content (AvgIpc) is 3.22. The van der Waals surface area contributed by atoms with Crippen LogP contribution in [0.4, 0.5) is 10.2 Å². The minimum absolute atomic E-state index is 0.0394. The third-order valence-corrected chi connectivity index (χ3v) is 7.86. The molecular weight excluding hydrogens is 503 g/mol. The second-order valence-electron chi connectivity index (χ2n) is 9.80. The average molecular weight is 531 g/mol. The van der Waals surface area contributed by atoms with E-state index in [0.717, 1.165) is 6.42 Å². The first-order valence-corrected chi connectivity index (χ1v) is 12.5. The summed E-state index contributed by atoms with van der Waals surface area (Å²) in [7, 11) is 0. The van der Waals surface area contributed by atoms with Crippen LogP contribution in [0.5, 0.6) is 11.5 Å². The number of carbonyl (C=O) groups is 2. The highest BCUT2D eigenvalue weighted by atomic mass is 35.5. The number of fused-ring (bicyclic) bond motifs is 2. The smallest absolute Gasteiger partial charge is 0.261 e. The maximum Gasteiger partial charge on any atom is 0.261 e. The first-order valence-electron chi connectivity index (χ1n) is 12.1. The van der Waals surface area contributed by atoms with Gasteiger partial charge in [-0.3, -0.25) is 9.59 Å². The molecule has 2 saturated heterocycles. The second kappa shape index (κ2) is 9.50. The highest BCUT2D eigenvalue weighted by molar-refractivity contribution is 6.35. The number of rotatable bonds is 4. The van der Waals surface area contributed by atoms with E-state index < -0.39 is 17.4 Å². The molecule has 196 valence electrons. The van der Waals surface area contributed by atoms with Crippen LogP contribution in [0.1, 0.15) is 30.1 Å². The summed E-state index contributed by atoms with van der Waals surface area (Å²) in [5.41, 5.74) is -0.863. The topological polar surface area (TPSA) is 106 Å². The Hall–Kier alpha value is -3.37. The number of piperazine rings is 1. The Balaban J connectivity index is 1.70. The number of aromatic nitrogens is 1. The number of hydrogen-bond donors (Lipinski definition) is 2. The van der Waals surface area contributed by atoms with Crippen LogP contribution in [0.25, 0.3) is 11.3 Å². The van der Waals surface area contributed by atoms with Crippen LogP contribution >= 0.6 is 11.6 Å². The van der Waals surface area contributed by atoms with Crippen LogP contribution in [-0.2, 0) is 4.79 Å². The number of phenols is 1. The number of aliphatic hydroxyl groups is 1. The van der Waals surface area contributed by atoms with Gasteiger partial charge in [0.05, 0.1) is 23.8 Å². The summed E-state index contributed by atoms with van der Waals surface area (Å²) in [4.78, 5) is 36.0. The lowest BCUT2D eigenvalue weighted by Gasteiger charge is -2.40. The Morgan fingerprint density at radius 3 is 2.84 bits per heavy atom. The summed E-state index contributed by atoms with van der Waals surface area (Å²) in [6, 6.07) is 3.43. The largest absolute Gasteiger partial charge is 0.507 e. The summed E-state index contributed by atoms with van der Waals surface area (Å²) in [6.45, 7) is 6.62. The van der Waals surface area contributed by atoms with Crippen molar-refractivity contribution in [3.05, 3.63) is 47.3 Å². The molecule has 0 aliphatic carbocycles. The van der Waals surface area contributed by atoms with Gasteiger partial charge in [0, 0.05) is 26.2 Å². The molecule has 2 atom stereocenters. The van der Waals surface area contributed by atoms with Crippen molar-refractivity contribution in [2.24, 2.45) is 0 Å². The molecule has 0 bridgehead atoms. The number of nitrogens with zero attached hydrogens (tertiary/aromatic N) is 4. The first kappa shape index (κ1) is 25.3. The molecule has 2 N–H and O–H groups in total. The van der Waals surface area contributed by atoms with Crippen molar-refractivity contribution in [2.75, 3.05) is 44.3 Å². The number of aliphatic hydroxyl groups excluding tert-OH is 1. The van der Waals surface area contributed by atoms with E-state index in [1.54, 1.807) is 9.80 Å².